The molecule has 1 N–H and O–H groups in total. The van der Waals surface area contributed by atoms with Crippen molar-refractivity contribution in [1.29, 1.82) is 0 Å². The summed E-state index contributed by atoms with van der Waals surface area (Å²) in [4.78, 5) is 18.7. The molecule has 20 heavy (non-hydrogen) atoms. The average Bonchev–Trinajstić information content (AvgIpc) is 2.74. The highest BCUT2D eigenvalue weighted by Gasteiger charge is 2.09. The number of carbonyl (C=O) groups is 1. The molecule has 1 amide bonds. The first-order chi connectivity index (χ1) is 9.49. The summed E-state index contributed by atoms with van der Waals surface area (Å²) in [5, 5.41) is 3.28. The van der Waals surface area contributed by atoms with E-state index in [0.717, 1.165) is 17.0 Å². The minimum atomic E-state index is -0.118. The van der Waals surface area contributed by atoms with E-state index in [0.29, 0.717) is 17.3 Å². The van der Waals surface area contributed by atoms with Gasteiger partial charge in [-0.25, -0.2) is 4.98 Å². The standard InChI is InChI=1S/C15H17ClN2OS/c1-4-12-6-11(7-14(16)18-12)15(19)17-8-13-5-9(2)10(3)20-13/h5-7H,4,8H2,1-3H3,(H,17,19). The van der Waals surface area contributed by atoms with Crippen LogP contribution in [0.5, 0.6) is 0 Å². The van der Waals surface area contributed by atoms with E-state index in [4.69, 9.17) is 11.6 Å². The van der Waals surface area contributed by atoms with Crippen LogP contribution in [0.3, 0.4) is 0 Å². The summed E-state index contributed by atoms with van der Waals surface area (Å²) < 4.78 is 0. The summed E-state index contributed by atoms with van der Waals surface area (Å²) in [5.74, 6) is -0.118. The molecule has 0 atom stereocenters. The number of pyridine rings is 1. The number of carbonyl (C=O) groups excluding carboxylic acids is 1. The smallest absolute Gasteiger partial charge is 0.251 e. The van der Waals surface area contributed by atoms with Crippen molar-refractivity contribution in [2.45, 2.75) is 33.7 Å². The molecule has 2 rings (SSSR count). The molecule has 0 aliphatic carbocycles. The van der Waals surface area contributed by atoms with Crippen molar-refractivity contribution < 1.29 is 4.79 Å². The Morgan fingerprint density at radius 3 is 2.70 bits per heavy atom. The molecule has 0 fully saturated rings. The zero-order chi connectivity index (χ0) is 14.7. The normalized spacial score (nSPS) is 10.6. The minimum Gasteiger partial charge on any atom is -0.347 e. The van der Waals surface area contributed by atoms with Gasteiger partial charge in [-0.05, 0) is 44.0 Å². The Kier molecular flexibility index (Phi) is 4.78. The Morgan fingerprint density at radius 2 is 2.10 bits per heavy atom. The molecule has 0 unspecified atom stereocenters. The fraction of sp³-hybridized carbons (Fsp3) is 0.333. The number of amides is 1. The van der Waals surface area contributed by atoms with E-state index in [9.17, 15) is 4.79 Å². The van der Waals surface area contributed by atoms with Crippen LogP contribution in [0.2, 0.25) is 5.15 Å². The van der Waals surface area contributed by atoms with Crippen molar-refractivity contribution in [2.24, 2.45) is 0 Å². The lowest BCUT2D eigenvalue weighted by Crippen LogP contribution is -2.22. The van der Waals surface area contributed by atoms with Crippen LogP contribution in [0.25, 0.3) is 0 Å². The second-order valence-electron chi connectivity index (χ2n) is 4.66. The van der Waals surface area contributed by atoms with Crippen LogP contribution in [0, 0.1) is 13.8 Å². The number of hydrogen-bond donors (Lipinski definition) is 1. The Balaban J connectivity index is 2.06. The van der Waals surface area contributed by atoms with Crippen LogP contribution < -0.4 is 5.32 Å². The van der Waals surface area contributed by atoms with E-state index in [2.05, 4.69) is 30.2 Å². The van der Waals surface area contributed by atoms with E-state index >= 15 is 0 Å². The van der Waals surface area contributed by atoms with Gasteiger partial charge in [-0.2, -0.15) is 0 Å². The number of thiophene rings is 1. The Hall–Kier alpha value is -1.39. The van der Waals surface area contributed by atoms with Crippen molar-refractivity contribution in [1.82, 2.24) is 10.3 Å². The summed E-state index contributed by atoms with van der Waals surface area (Å²) in [6.07, 6.45) is 0.754. The summed E-state index contributed by atoms with van der Waals surface area (Å²) in [6, 6.07) is 5.49. The molecule has 0 radical (unpaired) electrons. The molecule has 0 aromatic carbocycles. The number of nitrogens with one attached hydrogen (secondary N) is 1. The van der Waals surface area contributed by atoms with Crippen LogP contribution in [-0.4, -0.2) is 10.9 Å². The maximum absolute atomic E-state index is 12.1. The van der Waals surface area contributed by atoms with Gasteiger partial charge in [-0.15, -0.1) is 11.3 Å². The molecule has 5 heteroatoms. The fourth-order valence-electron chi connectivity index (χ4n) is 1.87. The average molecular weight is 309 g/mol. The molecular weight excluding hydrogens is 292 g/mol. The molecule has 3 nitrogen and oxygen atoms in total. The molecule has 0 bridgehead atoms. The van der Waals surface area contributed by atoms with Crippen LogP contribution in [-0.2, 0) is 13.0 Å². The van der Waals surface area contributed by atoms with Gasteiger partial charge in [0, 0.05) is 21.0 Å². The molecule has 2 heterocycles. The quantitative estimate of drug-likeness (QED) is 0.870. The second-order valence-corrected chi connectivity index (χ2v) is 6.39. The van der Waals surface area contributed by atoms with Gasteiger partial charge in [0.1, 0.15) is 5.15 Å². The Bertz CT molecular complexity index is 617. The number of nitrogens with zero attached hydrogens (tertiary/aromatic N) is 1. The van der Waals surface area contributed by atoms with Gasteiger partial charge in [0.2, 0.25) is 0 Å². The van der Waals surface area contributed by atoms with Crippen LogP contribution in [0.1, 0.15) is 38.3 Å². The van der Waals surface area contributed by atoms with Crippen LogP contribution in [0.4, 0.5) is 0 Å². The molecule has 2 aromatic rings. The lowest BCUT2D eigenvalue weighted by molar-refractivity contribution is 0.0951. The van der Waals surface area contributed by atoms with Gasteiger partial charge >= 0.3 is 0 Å². The van der Waals surface area contributed by atoms with Gasteiger partial charge in [0.15, 0.2) is 0 Å². The zero-order valence-electron chi connectivity index (χ0n) is 11.8. The first kappa shape index (κ1) is 15.0. The highest BCUT2D eigenvalue weighted by molar-refractivity contribution is 7.12. The topological polar surface area (TPSA) is 42.0 Å². The highest BCUT2D eigenvalue weighted by atomic mass is 35.5. The predicted molar refractivity (Wildman–Crippen MR) is 83.6 cm³/mol. The lowest BCUT2D eigenvalue weighted by Gasteiger charge is -2.06. The minimum absolute atomic E-state index is 0.118. The number of aromatic nitrogens is 1. The van der Waals surface area contributed by atoms with E-state index < -0.39 is 0 Å². The zero-order valence-corrected chi connectivity index (χ0v) is 13.4. The van der Waals surface area contributed by atoms with Crippen molar-refractivity contribution in [3.63, 3.8) is 0 Å². The largest absolute Gasteiger partial charge is 0.347 e. The molecule has 0 saturated carbocycles. The van der Waals surface area contributed by atoms with Crippen molar-refractivity contribution in [2.75, 3.05) is 0 Å². The van der Waals surface area contributed by atoms with Gasteiger partial charge in [-0.3, -0.25) is 4.79 Å². The third-order valence-electron chi connectivity index (χ3n) is 3.11. The number of rotatable bonds is 4. The van der Waals surface area contributed by atoms with Crippen molar-refractivity contribution >= 4 is 28.8 Å². The Labute approximate surface area is 128 Å². The monoisotopic (exact) mass is 308 g/mol. The summed E-state index contributed by atoms with van der Waals surface area (Å²) in [7, 11) is 0. The van der Waals surface area contributed by atoms with E-state index in [-0.39, 0.29) is 5.91 Å². The number of halogens is 1. The molecule has 0 aliphatic rings. The fourth-order valence-corrected chi connectivity index (χ4v) is 3.09. The van der Waals surface area contributed by atoms with Gasteiger partial charge in [-0.1, -0.05) is 18.5 Å². The second kappa shape index (κ2) is 6.37. The van der Waals surface area contributed by atoms with E-state index in [1.54, 1.807) is 23.5 Å². The Morgan fingerprint density at radius 1 is 1.35 bits per heavy atom. The molecule has 106 valence electrons. The first-order valence-corrected chi connectivity index (χ1v) is 7.69. The van der Waals surface area contributed by atoms with Crippen LogP contribution in [0.15, 0.2) is 18.2 Å². The van der Waals surface area contributed by atoms with E-state index in [1.807, 2.05) is 6.92 Å². The maximum Gasteiger partial charge on any atom is 0.251 e. The van der Waals surface area contributed by atoms with Crippen molar-refractivity contribution in [3.8, 4) is 0 Å². The molecule has 0 spiro atoms. The SMILES string of the molecule is CCc1cc(C(=O)NCc2cc(C)c(C)s2)cc(Cl)n1. The molecule has 0 saturated heterocycles. The summed E-state index contributed by atoms with van der Waals surface area (Å²) in [5.41, 5.74) is 2.65. The van der Waals surface area contributed by atoms with Gasteiger partial charge < -0.3 is 5.32 Å². The highest BCUT2D eigenvalue weighted by Crippen LogP contribution is 2.20. The third-order valence-corrected chi connectivity index (χ3v) is 4.46. The third kappa shape index (κ3) is 3.58. The molecular formula is C15H17ClN2OS. The number of hydrogen-bond acceptors (Lipinski definition) is 3. The van der Waals surface area contributed by atoms with Crippen molar-refractivity contribution in [3.05, 3.63) is 49.9 Å². The van der Waals surface area contributed by atoms with Gasteiger partial charge in [0.25, 0.3) is 5.91 Å². The van der Waals surface area contributed by atoms with E-state index in [1.165, 1.54) is 10.4 Å². The first-order valence-electron chi connectivity index (χ1n) is 6.50. The summed E-state index contributed by atoms with van der Waals surface area (Å²) in [6.45, 7) is 6.69. The van der Waals surface area contributed by atoms with Gasteiger partial charge in [0.05, 0.1) is 6.54 Å². The maximum atomic E-state index is 12.1. The predicted octanol–water partition coefficient (Wildman–Crippen LogP) is 3.91. The lowest BCUT2D eigenvalue weighted by atomic mass is 10.2. The molecule has 2 aromatic heterocycles. The van der Waals surface area contributed by atoms with Crippen LogP contribution >= 0.6 is 22.9 Å². The molecule has 0 aliphatic heterocycles. The summed E-state index contributed by atoms with van der Waals surface area (Å²) >= 11 is 7.63. The number of aryl methyl sites for hydroxylation is 3.